The fraction of sp³-hybridized carbons (Fsp3) is 0.318. The lowest BCUT2D eigenvalue weighted by Crippen LogP contribution is -2.40. The zero-order valence-electron chi connectivity index (χ0n) is 17.1. The van der Waals surface area contributed by atoms with Gasteiger partial charge in [0.1, 0.15) is 5.82 Å². The summed E-state index contributed by atoms with van der Waals surface area (Å²) >= 11 is 0. The van der Waals surface area contributed by atoms with Gasteiger partial charge in [0.25, 0.3) is 5.91 Å². The minimum atomic E-state index is -4.51. The number of benzene rings is 1. The van der Waals surface area contributed by atoms with Gasteiger partial charge >= 0.3 is 6.18 Å². The second kappa shape index (κ2) is 8.05. The summed E-state index contributed by atoms with van der Waals surface area (Å²) in [5, 5.41) is 3.06. The highest BCUT2D eigenvalue weighted by atomic mass is 19.4. The van der Waals surface area contributed by atoms with E-state index in [0.717, 1.165) is 18.8 Å². The lowest BCUT2D eigenvalue weighted by molar-refractivity contribution is -0.138. The highest BCUT2D eigenvalue weighted by Crippen LogP contribution is 2.41. The molecular formula is C22H18F4N6O. The van der Waals surface area contributed by atoms with E-state index >= 15 is 0 Å². The van der Waals surface area contributed by atoms with Crippen molar-refractivity contribution < 1.29 is 22.4 Å². The van der Waals surface area contributed by atoms with E-state index in [2.05, 4.69) is 25.3 Å². The molecule has 2 bridgehead atoms. The van der Waals surface area contributed by atoms with E-state index < -0.39 is 17.6 Å². The van der Waals surface area contributed by atoms with Crippen molar-refractivity contribution in [3.8, 4) is 11.4 Å². The molecule has 0 spiro atoms. The van der Waals surface area contributed by atoms with Gasteiger partial charge < -0.3 is 10.2 Å². The Morgan fingerprint density at radius 3 is 2.45 bits per heavy atom. The highest BCUT2D eigenvalue weighted by Gasteiger charge is 2.49. The van der Waals surface area contributed by atoms with Crippen molar-refractivity contribution in [1.82, 2.24) is 24.8 Å². The summed E-state index contributed by atoms with van der Waals surface area (Å²) in [5.41, 5.74) is -0.714. The summed E-state index contributed by atoms with van der Waals surface area (Å²) < 4.78 is 53.0. The number of aromatic nitrogens is 4. The Balaban J connectivity index is 1.39. The first-order chi connectivity index (χ1) is 15.8. The maximum absolute atomic E-state index is 14.7. The molecule has 0 aliphatic carbocycles. The Hall–Kier alpha value is -3.63. The first kappa shape index (κ1) is 21.2. The van der Waals surface area contributed by atoms with Gasteiger partial charge in [-0.1, -0.05) is 6.07 Å². The second-order valence-corrected chi connectivity index (χ2v) is 8.03. The smallest absolute Gasteiger partial charge is 0.349 e. The van der Waals surface area contributed by atoms with Crippen LogP contribution in [0.5, 0.6) is 0 Å². The molecule has 11 heteroatoms. The van der Waals surface area contributed by atoms with Gasteiger partial charge in [-0.2, -0.15) is 13.2 Å². The number of carbonyl (C=O) groups is 1. The van der Waals surface area contributed by atoms with Crippen LogP contribution in [0.25, 0.3) is 11.4 Å². The molecule has 3 atom stereocenters. The summed E-state index contributed by atoms with van der Waals surface area (Å²) in [6.45, 7) is 0. The maximum atomic E-state index is 14.7. The van der Waals surface area contributed by atoms with Crippen molar-refractivity contribution in [3.63, 3.8) is 0 Å². The SMILES string of the molecule is O=C(c1cccc(F)c1-c1ncccn1)N1[C@@H]2CC[C@H]1[C@H](Nc1ncc(C(F)(F)F)cn1)C2. The van der Waals surface area contributed by atoms with Gasteiger partial charge in [-0.25, -0.2) is 24.3 Å². The zero-order chi connectivity index (χ0) is 23.2. The molecule has 2 saturated heterocycles. The van der Waals surface area contributed by atoms with Gasteiger partial charge in [0.15, 0.2) is 5.82 Å². The minimum absolute atomic E-state index is 0.0463. The van der Waals surface area contributed by atoms with Crippen molar-refractivity contribution in [2.24, 2.45) is 0 Å². The van der Waals surface area contributed by atoms with Gasteiger partial charge in [0.2, 0.25) is 5.95 Å². The molecule has 2 aliphatic rings. The third kappa shape index (κ3) is 3.87. The number of fused-ring (bicyclic) bond motifs is 2. The standard InChI is InChI=1S/C22H18F4N6O/c23-15-4-1-3-14(18(15)19-27-7-2-8-28-19)20(33)32-13-5-6-17(32)16(9-13)31-21-29-10-12(11-30-21)22(24,25)26/h1-4,7-8,10-11,13,16-17H,5-6,9H2,(H,29,30,31)/t13-,16-,17+/m1/s1. The molecule has 2 aliphatic heterocycles. The molecule has 4 heterocycles. The molecule has 1 N–H and O–H groups in total. The number of hydrogen-bond acceptors (Lipinski definition) is 6. The third-order valence-electron chi connectivity index (χ3n) is 6.10. The molecule has 7 nitrogen and oxygen atoms in total. The number of halogens is 4. The maximum Gasteiger partial charge on any atom is 0.419 e. The third-order valence-corrected chi connectivity index (χ3v) is 6.10. The Labute approximate surface area is 185 Å². The molecule has 33 heavy (non-hydrogen) atoms. The van der Waals surface area contributed by atoms with Crippen LogP contribution in [-0.4, -0.2) is 48.9 Å². The van der Waals surface area contributed by atoms with Gasteiger partial charge in [0, 0.05) is 30.8 Å². The first-order valence-corrected chi connectivity index (χ1v) is 10.4. The van der Waals surface area contributed by atoms with Crippen LogP contribution in [0, 0.1) is 5.82 Å². The summed E-state index contributed by atoms with van der Waals surface area (Å²) in [6.07, 6.45) is 1.98. The average Bonchev–Trinajstić information content (AvgIpc) is 3.36. The summed E-state index contributed by atoms with van der Waals surface area (Å²) in [6, 6.07) is 5.35. The number of nitrogens with zero attached hydrogens (tertiary/aromatic N) is 5. The van der Waals surface area contributed by atoms with Crippen LogP contribution in [0.4, 0.5) is 23.5 Å². The zero-order valence-corrected chi connectivity index (χ0v) is 17.1. The van der Waals surface area contributed by atoms with E-state index in [4.69, 9.17) is 0 Å². The van der Waals surface area contributed by atoms with E-state index in [1.165, 1.54) is 24.5 Å². The number of carbonyl (C=O) groups excluding carboxylic acids is 1. The fourth-order valence-corrected chi connectivity index (χ4v) is 4.67. The summed E-state index contributed by atoms with van der Waals surface area (Å²) in [7, 11) is 0. The quantitative estimate of drug-likeness (QED) is 0.596. The van der Waals surface area contributed by atoms with Crippen LogP contribution in [0.15, 0.2) is 49.1 Å². The Kier molecular flexibility index (Phi) is 5.18. The van der Waals surface area contributed by atoms with Gasteiger partial charge in [0.05, 0.1) is 28.8 Å². The first-order valence-electron chi connectivity index (χ1n) is 10.4. The molecule has 1 amide bonds. The van der Waals surface area contributed by atoms with E-state index in [9.17, 15) is 22.4 Å². The topological polar surface area (TPSA) is 83.9 Å². The van der Waals surface area contributed by atoms with Gasteiger partial charge in [-0.3, -0.25) is 4.79 Å². The lowest BCUT2D eigenvalue weighted by atomic mass is 9.96. The Morgan fingerprint density at radius 2 is 1.76 bits per heavy atom. The predicted molar refractivity (Wildman–Crippen MR) is 109 cm³/mol. The van der Waals surface area contributed by atoms with Crippen LogP contribution < -0.4 is 5.32 Å². The van der Waals surface area contributed by atoms with Gasteiger partial charge in [-0.15, -0.1) is 0 Å². The Bertz CT molecular complexity index is 1170. The number of amides is 1. The van der Waals surface area contributed by atoms with Crippen molar-refractivity contribution >= 4 is 11.9 Å². The van der Waals surface area contributed by atoms with Crippen molar-refractivity contribution in [1.29, 1.82) is 0 Å². The molecule has 0 radical (unpaired) electrons. The molecule has 0 unspecified atom stereocenters. The molecular weight excluding hydrogens is 440 g/mol. The van der Waals surface area contributed by atoms with Crippen LogP contribution in [-0.2, 0) is 6.18 Å². The van der Waals surface area contributed by atoms with Crippen LogP contribution in [0.1, 0.15) is 35.2 Å². The van der Waals surface area contributed by atoms with E-state index in [-0.39, 0.29) is 46.9 Å². The fourth-order valence-electron chi connectivity index (χ4n) is 4.67. The molecule has 0 saturated carbocycles. The number of anilines is 1. The molecule has 170 valence electrons. The van der Waals surface area contributed by atoms with E-state index in [0.29, 0.717) is 12.8 Å². The average molecular weight is 458 g/mol. The van der Waals surface area contributed by atoms with E-state index in [1.807, 2.05) is 0 Å². The van der Waals surface area contributed by atoms with Crippen molar-refractivity contribution in [3.05, 3.63) is 66.0 Å². The number of rotatable bonds is 4. The van der Waals surface area contributed by atoms with Gasteiger partial charge in [-0.05, 0) is 37.5 Å². The second-order valence-electron chi connectivity index (χ2n) is 8.03. The minimum Gasteiger partial charge on any atom is -0.349 e. The van der Waals surface area contributed by atoms with Crippen LogP contribution in [0.3, 0.4) is 0 Å². The molecule has 2 fully saturated rings. The highest BCUT2D eigenvalue weighted by molar-refractivity contribution is 6.01. The number of nitrogens with one attached hydrogen (secondary N) is 1. The largest absolute Gasteiger partial charge is 0.419 e. The van der Waals surface area contributed by atoms with Crippen molar-refractivity contribution in [2.45, 2.75) is 43.6 Å². The summed E-state index contributed by atoms with van der Waals surface area (Å²) in [5.74, 6) is -0.732. The van der Waals surface area contributed by atoms with E-state index in [1.54, 1.807) is 17.0 Å². The molecule has 1 aromatic carbocycles. The lowest BCUT2D eigenvalue weighted by Gasteiger charge is -2.26. The number of hydrogen-bond donors (Lipinski definition) is 1. The van der Waals surface area contributed by atoms with Crippen LogP contribution >= 0.6 is 0 Å². The molecule has 3 aromatic rings. The molecule has 5 rings (SSSR count). The normalized spacial score (nSPS) is 21.9. The van der Waals surface area contributed by atoms with Crippen molar-refractivity contribution in [2.75, 3.05) is 5.32 Å². The predicted octanol–water partition coefficient (Wildman–Crippen LogP) is 3.95. The molecule has 2 aromatic heterocycles. The monoisotopic (exact) mass is 458 g/mol. The van der Waals surface area contributed by atoms with Crippen LogP contribution in [0.2, 0.25) is 0 Å². The summed E-state index contributed by atoms with van der Waals surface area (Å²) in [4.78, 5) is 31.0. The number of alkyl halides is 3. The Morgan fingerprint density at radius 1 is 1.03 bits per heavy atom.